The van der Waals surface area contributed by atoms with Crippen LogP contribution in [0.5, 0.6) is 0 Å². The Balaban J connectivity index is 2.09. The Kier molecular flexibility index (Phi) is 3.31. The lowest BCUT2D eigenvalue weighted by molar-refractivity contribution is 0.0226. The second-order valence-electron chi connectivity index (χ2n) is 5.31. The molecule has 0 fully saturated rings. The molecule has 0 spiro atoms. The van der Waals surface area contributed by atoms with Gasteiger partial charge in [-0.25, -0.2) is 4.79 Å². The highest BCUT2D eigenvalue weighted by atomic mass is 32.1. The molecule has 5 heteroatoms. The lowest BCUT2D eigenvalue weighted by Gasteiger charge is -2.30. The maximum absolute atomic E-state index is 11.9. The van der Waals surface area contributed by atoms with Gasteiger partial charge >= 0.3 is 6.09 Å². The number of rotatable bonds is 0. The van der Waals surface area contributed by atoms with Crippen LogP contribution in [0, 0.1) is 11.3 Å². The molecule has 1 aromatic heterocycles. The first-order valence-electron chi connectivity index (χ1n) is 5.88. The van der Waals surface area contributed by atoms with Crippen molar-refractivity contribution in [3.05, 3.63) is 21.4 Å². The lowest BCUT2D eigenvalue weighted by Crippen LogP contribution is -2.39. The molecular weight excluding hydrogens is 248 g/mol. The molecule has 0 unspecified atom stereocenters. The summed E-state index contributed by atoms with van der Waals surface area (Å²) in [6, 6.07) is 2.19. The van der Waals surface area contributed by atoms with E-state index < -0.39 is 5.60 Å². The molecule has 1 aliphatic heterocycles. The first-order chi connectivity index (χ1) is 8.40. The Bertz CT molecular complexity index is 508. The van der Waals surface area contributed by atoms with Gasteiger partial charge in [-0.2, -0.15) is 5.26 Å². The van der Waals surface area contributed by atoms with Crippen molar-refractivity contribution in [3.8, 4) is 6.07 Å². The summed E-state index contributed by atoms with van der Waals surface area (Å²) in [5, 5.41) is 10.8. The van der Waals surface area contributed by atoms with Crippen LogP contribution in [0.3, 0.4) is 0 Å². The molecule has 1 aromatic rings. The molecule has 18 heavy (non-hydrogen) atoms. The third-order valence-electron chi connectivity index (χ3n) is 2.72. The summed E-state index contributed by atoms with van der Waals surface area (Å²) < 4.78 is 5.35. The van der Waals surface area contributed by atoms with Crippen molar-refractivity contribution in [1.29, 1.82) is 5.26 Å². The highest BCUT2D eigenvalue weighted by Gasteiger charge is 2.27. The Hall–Kier alpha value is -1.54. The van der Waals surface area contributed by atoms with Crippen molar-refractivity contribution in [2.45, 2.75) is 39.3 Å². The van der Waals surface area contributed by atoms with Gasteiger partial charge in [0.2, 0.25) is 0 Å². The van der Waals surface area contributed by atoms with E-state index in [4.69, 9.17) is 10.00 Å². The zero-order valence-electron chi connectivity index (χ0n) is 10.8. The van der Waals surface area contributed by atoms with Crippen molar-refractivity contribution in [3.63, 3.8) is 0 Å². The van der Waals surface area contributed by atoms with Gasteiger partial charge in [-0.05, 0) is 32.8 Å². The lowest BCUT2D eigenvalue weighted by atomic mass is 10.0. The summed E-state index contributed by atoms with van der Waals surface area (Å²) in [4.78, 5) is 14.7. The quantitative estimate of drug-likeness (QED) is 0.724. The van der Waals surface area contributed by atoms with Crippen molar-refractivity contribution in [2.75, 3.05) is 6.54 Å². The SMILES string of the molecule is CC(C)(C)OC(=O)N1CCc2c(C#N)csc2C1. The maximum atomic E-state index is 11.9. The Labute approximate surface area is 111 Å². The summed E-state index contributed by atoms with van der Waals surface area (Å²) >= 11 is 1.54. The van der Waals surface area contributed by atoms with E-state index in [0.717, 1.165) is 22.4 Å². The zero-order valence-corrected chi connectivity index (χ0v) is 11.6. The van der Waals surface area contributed by atoms with E-state index in [1.165, 1.54) is 0 Å². The highest BCUT2D eigenvalue weighted by molar-refractivity contribution is 7.10. The summed E-state index contributed by atoms with van der Waals surface area (Å²) in [6.07, 6.45) is 0.459. The maximum Gasteiger partial charge on any atom is 0.410 e. The second kappa shape index (κ2) is 4.62. The van der Waals surface area contributed by atoms with E-state index in [0.29, 0.717) is 13.1 Å². The smallest absolute Gasteiger partial charge is 0.410 e. The Morgan fingerprint density at radius 3 is 2.89 bits per heavy atom. The van der Waals surface area contributed by atoms with Crippen LogP contribution in [0.1, 0.15) is 36.8 Å². The molecule has 1 amide bonds. The van der Waals surface area contributed by atoms with Crippen LogP contribution in [-0.4, -0.2) is 23.1 Å². The average Bonchev–Trinajstić information content (AvgIpc) is 2.68. The molecular formula is C13H16N2O2S. The molecule has 0 bridgehead atoms. The number of amides is 1. The van der Waals surface area contributed by atoms with Crippen molar-refractivity contribution < 1.29 is 9.53 Å². The molecule has 0 aliphatic carbocycles. The molecule has 96 valence electrons. The van der Waals surface area contributed by atoms with Crippen LogP contribution in [-0.2, 0) is 17.7 Å². The van der Waals surface area contributed by atoms with Gasteiger partial charge in [0.15, 0.2) is 0 Å². The van der Waals surface area contributed by atoms with E-state index in [9.17, 15) is 4.79 Å². The molecule has 0 saturated carbocycles. The minimum atomic E-state index is -0.468. The van der Waals surface area contributed by atoms with E-state index in [2.05, 4.69) is 6.07 Å². The largest absolute Gasteiger partial charge is 0.444 e. The molecule has 0 N–H and O–H groups in total. The number of nitrogens with zero attached hydrogens (tertiary/aromatic N) is 2. The number of nitriles is 1. The van der Waals surface area contributed by atoms with Crippen LogP contribution in [0.15, 0.2) is 5.38 Å². The van der Waals surface area contributed by atoms with Gasteiger partial charge in [0.25, 0.3) is 0 Å². The fourth-order valence-corrected chi connectivity index (χ4v) is 2.94. The number of carbonyl (C=O) groups is 1. The molecule has 0 aromatic carbocycles. The van der Waals surface area contributed by atoms with Gasteiger partial charge in [-0.1, -0.05) is 0 Å². The van der Waals surface area contributed by atoms with Crippen molar-refractivity contribution in [1.82, 2.24) is 4.90 Å². The van der Waals surface area contributed by atoms with Gasteiger partial charge in [0.1, 0.15) is 11.7 Å². The van der Waals surface area contributed by atoms with Crippen LogP contribution >= 0.6 is 11.3 Å². The standard InChI is InChI=1S/C13H16N2O2S/c1-13(2,3)17-12(16)15-5-4-10-9(6-14)8-18-11(10)7-15/h8H,4-5,7H2,1-3H3. The molecule has 2 heterocycles. The average molecular weight is 264 g/mol. The van der Waals surface area contributed by atoms with Gasteiger partial charge in [-0.3, -0.25) is 0 Å². The molecule has 2 rings (SSSR count). The van der Waals surface area contributed by atoms with Gasteiger partial charge in [-0.15, -0.1) is 11.3 Å². The van der Waals surface area contributed by atoms with Crippen LogP contribution in [0.4, 0.5) is 4.79 Å². The zero-order chi connectivity index (χ0) is 13.3. The van der Waals surface area contributed by atoms with Gasteiger partial charge < -0.3 is 9.64 Å². The Morgan fingerprint density at radius 2 is 2.28 bits per heavy atom. The number of hydrogen-bond acceptors (Lipinski definition) is 4. The van der Waals surface area contributed by atoms with E-state index in [1.54, 1.807) is 16.2 Å². The summed E-state index contributed by atoms with van der Waals surface area (Å²) in [5.41, 5.74) is 1.38. The highest BCUT2D eigenvalue weighted by Crippen LogP contribution is 2.28. The number of hydrogen-bond donors (Lipinski definition) is 0. The minimum Gasteiger partial charge on any atom is -0.444 e. The number of fused-ring (bicyclic) bond motifs is 1. The third-order valence-corrected chi connectivity index (χ3v) is 3.73. The topological polar surface area (TPSA) is 53.3 Å². The molecule has 1 aliphatic rings. The van der Waals surface area contributed by atoms with E-state index >= 15 is 0 Å². The van der Waals surface area contributed by atoms with Crippen LogP contribution in [0.2, 0.25) is 0 Å². The predicted octanol–water partition coefficient (Wildman–Crippen LogP) is 2.91. The fourth-order valence-electron chi connectivity index (χ4n) is 1.90. The van der Waals surface area contributed by atoms with Gasteiger partial charge in [0.05, 0.1) is 12.1 Å². The van der Waals surface area contributed by atoms with Crippen LogP contribution in [0.25, 0.3) is 0 Å². The summed E-state index contributed by atoms with van der Waals surface area (Å²) in [6.45, 7) is 6.75. The first-order valence-corrected chi connectivity index (χ1v) is 6.76. The molecule has 0 saturated heterocycles. The predicted molar refractivity (Wildman–Crippen MR) is 69.4 cm³/mol. The third kappa shape index (κ3) is 2.65. The Morgan fingerprint density at radius 1 is 1.56 bits per heavy atom. The van der Waals surface area contributed by atoms with Gasteiger partial charge in [0, 0.05) is 16.8 Å². The minimum absolute atomic E-state index is 0.278. The number of thiophene rings is 1. The van der Waals surface area contributed by atoms with Crippen molar-refractivity contribution in [2.24, 2.45) is 0 Å². The van der Waals surface area contributed by atoms with Crippen molar-refractivity contribution >= 4 is 17.4 Å². The van der Waals surface area contributed by atoms with E-state index in [1.807, 2.05) is 26.2 Å². The second-order valence-corrected chi connectivity index (χ2v) is 6.28. The first kappa shape index (κ1) is 12.9. The number of ether oxygens (including phenoxy) is 1. The monoisotopic (exact) mass is 264 g/mol. The van der Waals surface area contributed by atoms with E-state index in [-0.39, 0.29) is 6.09 Å². The summed E-state index contributed by atoms with van der Waals surface area (Å²) in [5.74, 6) is 0. The fraction of sp³-hybridized carbons (Fsp3) is 0.538. The summed E-state index contributed by atoms with van der Waals surface area (Å²) in [7, 11) is 0. The molecule has 4 nitrogen and oxygen atoms in total. The molecule has 0 atom stereocenters. The normalized spacial score (nSPS) is 14.9. The number of carbonyl (C=O) groups excluding carboxylic acids is 1. The molecule has 0 radical (unpaired) electrons. The van der Waals surface area contributed by atoms with Crippen LogP contribution < -0.4 is 0 Å².